The monoisotopic (exact) mass is 546 g/mol. The minimum absolute atomic E-state index is 0.0996. The van der Waals surface area contributed by atoms with E-state index in [1.54, 1.807) is 49.9 Å². The lowest BCUT2D eigenvalue weighted by Crippen LogP contribution is -2.52. The second-order valence-corrected chi connectivity index (χ2v) is 11.1. The minimum Gasteiger partial charge on any atom is -0.444 e. The molecule has 34 heavy (non-hydrogen) atoms. The van der Waals surface area contributed by atoms with E-state index in [0.29, 0.717) is 31.6 Å². The van der Waals surface area contributed by atoms with E-state index in [1.165, 1.54) is 6.92 Å². The molecule has 0 saturated heterocycles. The van der Waals surface area contributed by atoms with Crippen LogP contribution in [0.25, 0.3) is 0 Å². The zero-order chi connectivity index (χ0) is 25.7. The Morgan fingerprint density at radius 3 is 2.50 bits per heavy atom. The van der Waals surface area contributed by atoms with Gasteiger partial charge >= 0.3 is 12.3 Å². The molecule has 1 aliphatic carbocycles. The van der Waals surface area contributed by atoms with Gasteiger partial charge in [-0.2, -0.15) is 13.2 Å². The van der Waals surface area contributed by atoms with Gasteiger partial charge in [0.25, 0.3) is 0 Å². The summed E-state index contributed by atoms with van der Waals surface area (Å²) in [4.78, 5) is 26.7. The summed E-state index contributed by atoms with van der Waals surface area (Å²) in [7, 11) is 0. The van der Waals surface area contributed by atoms with Gasteiger partial charge in [0.2, 0.25) is 5.91 Å². The van der Waals surface area contributed by atoms with Crippen LogP contribution in [0.15, 0.2) is 41.4 Å². The number of alkyl halides is 3. The number of anilines is 1. The molecule has 0 aliphatic heterocycles. The van der Waals surface area contributed by atoms with E-state index >= 15 is 0 Å². The Morgan fingerprint density at radius 2 is 1.97 bits per heavy atom. The van der Waals surface area contributed by atoms with Crippen LogP contribution < -0.4 is 10.2 Å². The van der Waals surface area contributed by atoms with Crippen molar-refractivity contribution in [3.05, 3.63) is 41.4 Å². The number of carbonyl (C=O) groups is 2. The highest BCUT2D eigenvalue weighted by Crippen LogP contribution is 2.56. The molecule has 190 valence electrons. The number of benzene rings is 1. The Morgan fingerprint density at radius 1 is 1.32 bits per heavy atom. The van der Waals surface area contributed by atoms with Crippen LogP contribution in [0.5, 0.6) is 0 Å². The molecule has 2 amide bonds. The van der Waals surface area contributed by atoms with Crippen molar-refractivity contribution in [2.24, 2.45) is 17.3 Å². The van der Waals surface area contributed by atoms with Crippen LogP contribution in [0.3, 0.4) is 0 Å². The van der Waals surface area contributed by atoms with Gasteiger partial charge in [-0.05, 0) is 70.6 Å². The van der Waals surface area contributed by atoms with Crippen LogP contribution in [-0.2, 0) is 9.53 Å². The SMILES string of the molecule is C=CC(CCCNC(=O)OC(C)(C)C)CN(c1cccc(Br)c1)C(=O)[C@H]1C[C@](C)(C(F)(F)F)C1. The summed E-state index contributed by atoms with van der Waals surface area (Å²) < 4.78 is 45.9. The summed E-state index contributed by atoms with van der Waals surface area (Å²) in [6, 6.07) is 7.16. The summed E-state index contributed by atoms with van der Waals surface area (Å²) in [5.41, 5.74) is -1.78. The van der Waals surface area contributed by atoms with Crippen LogP contribution in [0.1, 0.15) is 53.4 Å². The largest absolute Gasteiger partial charge is 0.444 e. The first kappa shape index (κ1) is 28.2. The summed E-state index contributed by atoms with van der Waals surface area (Å²) in [5.74, 6) is -1.08. The van der Waals surface area contributed by atoms with Gasteiger partial charge in [-0.15, -0.1) is 6.58 Å². The van der Waals surface area contributed by atoms with Gasteiger partial charge in [0.05, 0.1) is 5.41 Å². The van der Waals surface area contributed by atoms with E-state index in [2.05, 4.69) is 27.8 Å². The van der Waals surface area contributed by atoms with Crippen LogP contribution in [0.4, 0.5) is 23.7 Å². The Hall–Kier alpha value is -2.03. The van der Waals surface area contributed by atoms with Crippen molar-refractivity contribution in [2.45, 2.75) is 65.2 Å². The quantitative estimate of drug-likeness (QED) is 0.271. The number of halogens is 4. The van der Waals surface area contributed by atoms with Crippen molar-refractivity contribution < 1.29 is 27.5 Å². The third kappa shape index (κ3) is 7.75. The Labute approximate surface area is 208 Å². The maximum atomic E-state index is 13.3. The number of amides is 2. The number of hydrogen-bond acceptors (Lipinski definition) is 3. The first-order valence-corrected chi connectivity index (χ1v) is 12.2. The molecule has 1 aromatic rings. The molecule has 1 fully saturated rings. The van der Waals surface area contributed by atoms with E-state index in [4.69, 9.17) is 4.74 Å². The first-order chi connectivity index (χ1) is 15.6. The molecular weight excluding hydrogens is 513 g/mol. The van der Waals surface area contributed by atoms with Crippen molar-refractivity contribution in [1.29, 1.82) is 0 Å². The zero-order valence-corrected chi connectivity index (χ0v) is 21.8. The van der Waals surface area contributed by atoms with Crippen molar-refractivity contribution in [3.63, 3.8) is 0 Å². The second kappa shape index (κ2) is 11.1. The Bertz CT molecular complexity index is 877. The third-order valence-corrected chi connectivity index (χ3v) is 6.48. The van der Waals surface area contributed by atoms with Gasteiger partial charge in [-0.1, -0.05) is 35.0 Å². The first-order valence-electron chi connectivity index (χ1n) is 11.4. The molecule has 5 nitrogen and oxygen atoms in total. The molecule has 0 heterocycles. The maximum absolute atomic E-state index is 13.3. The molecule has 0 bridgehead atoms. The zero-order valence-electron chi connectivity index (χ0n) is 20.2. The molecule has 1 aromatic carbocycles. The van der Waals surface area contributed by atoms with Crippen LogP contribution in [0.2, 0.25) is 0 Å². The average molecular weight is 547 g/mol. The Balaban J connectivity index is 2.03. The van der Waals surface area contributed by atoms with E-state index in [0.717, 1.165) is 4.47 Å². The lowest BCUT2D eigenvalue weighted by Gasteiger charge is -2.46. The second-order valence-electron chi connectivity index (χ2n) is 10.2. The summed E-state index contributed by atoms with van der Waals surface area (Å²) in [5, 5.41) is 2.70. The van der Waals surface area contributed by atoms with Gasteiger partial charge in [-0.3, -0.25) is 4.79 Å². The standard InChI is InChI=1S/C25H34BrF3N2O3/c1-6-17(9-8-12-30-22(33)34-23(2,3)4)16-31(20-11-7-10-19(26)13-20)21(32)18-14-24(5,15-18)25(27,28)29/h6-7,10-11,13,17-18H,1,8-9,12,14-16H2,2-5H3,(H,30,33)/t17?,18-,24-. The van der Waals surface area contributed by atoms with Crippen molar-refractivity contribution in [3.8, 4) is 0 Å². The smallest absolute Gasteiger partial charge is 0.407 e. The molecule has 2 rings (SSSR count). The molecule has 1 N–H and O–H groups in total. The van der Waals surface area contributed by atoms with Gasteiger partial charge in [0, 0.05) is 29.2 Å². The molecule has 1 atom stereocenters. The van der Waals surface area contributed by atoms with Crippen molar-refractivity contribution >= 4 is 33.6 Å². The molecule has 1 aliphatic rings. The van der Waals surface area contributed by atoms with E-state index in [9.17, 15) is 22.8 Å². The fraction of sp³-hybridized carbons (Fsp3) is 0.600. The number of hydrogen-bond donors (Lipinski definition) is 1. The normalized spacial score (nSPS) is 21.2. The van der Waals surface area contributed by atoms with Gasteiger partial charge in [-0.25, -0.2) is 4.79 Å². The topological polar surface area (TPSA) is 58.6 Å². The predicted molar refractivity (Wildman–Crippen MR) is 131 cm³/mol. The highest BCUT2D eigenvalue weighted by atomic mass is 79.9. The highest BCUT2D eigenvalue weighted by molar-refractivity contribution is 9.10. The summed E-state index contributed by atoms with van der Waals surface area (Å²) >= 11 is 3.40. The van der Waals surface area contributed by atoms with Crippen LogP contribution in [0, 0.1) is 17.3 Å². The van der Waals surface area contributed by atoms with Crippen LogP contribution >= 0.6 is 15.9 Å². The van der Waals surface area contributed by atoms with Crippen molar-refractivity contribution in [1.82, 2.24) is 5.32 Å². The minimum atomic E-state index is -4.32. The number of carbonyl (C=O) groups excluding carboxylic acids is 2. The fourth-order valence-electron chi connectivity index (χ4n) is 4.01. The number of rotatable bonds is 9. The summed E-state index contributed by atoms with van der Waals surface area (Å²) in [6.07, 6.45) is -2.22. The number of alkyl carbamates (subject to hydrolysis) is 1. The van der Waals surface area contributed by atoms with E-state index in [-0.39, 0.29) is 24.7 Å². The molecule has 0 aromatic heterocycles. The van der Waals surface area contributed by atoms with E-state index in [1.807, 2.05) is 6.07 Å². The number of ether oxygens (including phenoxy) is 1. The van der Waals surface area contributed by atoms with Crippen molar-refractivity contribution in [2.75, 3.05) is 18.0 Å². The number of nitrogens with one attached hydrogen (secondary N) is 1. The molecule has 0 radical (unpaired) electrons. The maximum Gasteiger partial charge on any atom is 0.407 e. The molecule has 0 spiro atoms. The Kier molecular flexibility index (Phi) is 9.24. The van der Waals surface area contributed by atoms with E-state index < -0.39 is 29.2 Å². The molecule has 1 unspecified atom stereocenters. The lowest BCUT2D eigenvalue weighted by atomic mass is 9.62. The average Bonchev–Trinajstić information content (AvgIpc) is 2.68. The lowest BCUT2D eigenvalue weighted by molar-refractivity contribution is -0.253. The summed E-state index contributed by atoms with van der Waals surface area (Å²) in [6.45, 7) is 11.1. The van der Waals surface area contributed by atoms with Gasteiger partial charge in [0.1, 0.15) is 5.60 Å². The molecular formula is C25H34BrF3N2O3. The van der Waals surface area contributed by atoms with Gasteiger partial charge < -0.3 is 15.0 Å². The number of nitrogens with zero attached hydrogens (tertiary/aromatic N) is 1. The third-order valence-electron chi connectivity index (χ3n) is 5.98. The van der Waals surface area contributed by atoms with Gasteiger partial charge in [0.15, 0.2) is 0 Å². The molecule has 1 saturated carbocycles. The predicted octanol–water partition coefficient (Wildman–Crippen LogP) is 6.87. The molecule has 9 heteroatoms. The highest BCUT2D eigenvalue weighted by Gasteiger charge is 2.60. The fourth-order valence-corrected chi connectivity index (χ4v) is 4.40. The van der Waals surface area contributed by atoms with Crippen LogP contribution in [-0.4, -0.2) is 36.9 Å².